The molecular formula is C20H27NO3. The number of hydrogen-bond acceptors (Lipinski definition) is 3. The highest BCUT2D eigenvalue weighted by Crippen LogP contribution is 2.38. The minimum absolute atomic E-state index is 0.0430. The second-order valence-corrected chi connectivity index (χ2v) is 6.82. The van der Waals surface area contributed by atoms with E-state index < -0.39 is 11.8 Å². The van der Waals surface area contributed by atoms with Gasteiger partial charge in [-0.3, -0.25) is 14.4 Å². The fourth-order valence-electron chi connectivity index (χ4n) is 3.65. The van der Waals surface area contributed by atoms with E-state index in [2.05, 4.69) is 6.07 Å². The van der Waals surface area contributed by atoms with E-state index in [1.165, 1.54) is 0 Å². The molecule has 0 N–H and O–H groups in total. The van der Waals surface area contributed by atoms with E-state index in [0.717, 1.165) is 28.7 Å². The molecule has 2 atom stereocenters. The predicted octanol–water partition coefficient (Wildman–Crippen LogP) is 2.98. The Kier molecular flexibility index (Phi) is 5.58. The number of carbonyl (C=O) groups is 3. The molecule has 4 heteroatoms. The summed E-state index contributed by atoms with van der Waals surface area (Å²) in [5.41, 5.74) is 4.08. The van der Waals surface area contributed by atoms with Gasteiger partial charge in [0, 0.05) is 32.4 Å². The van der Waals surface area contributed by atoms with Gasteiger partial charge < -0.3 is 4.90 Å². The third-order valence-corrected chi connectivity index (χ3v) is 5.06. The van der Waals surface area contributed by atoms with E-state index in [4.69, 9.17) is 0 Å². The number of benzene rings is 1. The molecule has 1 aromatic rings. The fourth-order valence-corrected chi connectivity index (χ4v) is 3.65. The van der Waals surface area contributed by atoms with Crippen LogP contribution in [0.5, 0.6) is 0 Å². The first-order valence-electron chi connectivity index (χ1n) is 8.70. The van der Waals surface area contributed by atoms with Crippen molar-refractivity contribution in [2.75, 3.05) is 13.6 Å². The van der Waals surface area contributed by atoms with Gasteiger partial charge in [-0.1, -0.05) is 24.6 Å². The van der Waals surface area contributed by atoms with Crippen molar-refractivity contribution in [2.45, 2.75) is 52.9 Å². The third-order valence-electron chi connectivity index (χ3n) is 5.06. The number of nitrogens with zero attached hydrogens (tertiary/aromatic N) is 1. The SMILES string of the molecule is CCc1cc(C)cc(C)c1C1C(=O)CC(CC(=O)N(C)CC)C1=O. The molecule has 1 aliphatic carbocycles. The maximum Gasteiger partial charge on any atom is 0.223 e. The first-order valence-corrected chi connectivity index (χ1v) is 8.70. The molecule has 0 aromatic heterocycles. The van der Waals surface area contributed by atoms with Gasteiger partial charge in [0.25, 0.3) is 0 Å². The molecule has 0 bridgehead atoms. The molecule has 0 spiro atoms. The average molecular weight is 329 g/mol. The van der Waals surface area contributed by atoms with Crippen molar-refractivity contribution in [2.24, 2.45) is 5.92 Å². The van der Waals surface area contributed by atoms with Gasteiger partial charge in [0.2, 0.25) is 5.91 Å². The summed E-state index contributed by atoms with van der Waals surface area (Å²) < 4.78 is 0. The molecule has 0 aliphatic heterocycles. The average Bonchev–Trinajstić information content (AvgIpc) is 2.80. The number of carbonyl (C=O) groups excluding carboxylic acids is 3. The molecule has 24 heavy (non-hydrogen) atoms. The highest BCUT2D eigenvalue weighted by atomic mass is 16.2. The molecule has 1 fully saturated rings. The monoisotopic (exact) mass is 329 g/mol. The van der Waals surface area contributed by atoms with Gasteiger partial charge in [0.05, 0.1) is 0 Å². The minimum Gasteiger partial charge on any atom is -0.346 e. The predicted molar refractivity (Wildman–Crippen MR) is 94.1 cm³/mol. The van der Waals surface area contributed by atoms with E-state index >= 15 is 0 Å². The molecule has 130 valence electrons. The summed E-state index contributed by atoms with van der Waals surface area (Å²) in [4.78, 5) is 39.2. The van der Waals surface area contributed by atoms with Crippen LogP contribution in [0.25, 0.3) is 0 Å². The van der Waals surface area contributed by atoms with Gasteiger partial charge in [0.15, 0.2) is 5.78 Å². The Hall–Kier alpha value is -1.97. The molecule has 1 amide bonds. The van der Waals surface area contributed by atoms with E-state index in [9.17, 15) is 14.4 Å². The topological polar surface area (TPSA) is 54.5 Å². The van der Waals surface area contributed by atoms with Crippen LogP contribution in [-0.4, -0.2) is 36.0 Å². The van der Waals surface area contributed by atoms with Crippen molar-refractivity contribution in [3.8, 4) is 0 Å². The molecule has 1 saturated carbocycles. The summed E-state index contributed by atoms with van der Waals surface area (Å²) in [5.74, 6) is -1.36. The van der Waals surface area contributed by atoms with Gasteiger partial charge >= 0.3 is 0 Å². The number of ketones is 2. The molecular weight excluding hydrogens is 302 g/mol. The Balaban J connectivity index is 2.32. The zero-order chi connectivity index (χ0) is 18.0. The van der Waals surface area contributed by atoms with Crippen LogP contribution in [0.1, 0.15) is 54.9 Å². The van der Waals surface area contributed by atoms with Crippen LogP contribution in [0.4, 0.5) is 0 Å². The van der Waals surface area contributed by atoms with Crippen LogP contribution in [0, 0.1) is 19.8 Å². The van der Waals surface area contributed by atoms with Crippen LogP contribution in [0.2, 0.25) is 0 Å². The summed E-state index contributed by atoms with van der Waals surface area (Å²) in [6, 6.07) is 4.09. The number of rotatable bonds is 5. The lowest BCUT2D eigenvalue weighted by molar-refractivity contribution is -0.133. The summed E-state index contributed by atoms with van der Waals surface area (Å²) in [6.07, 6.45) is 1.11. The van der Waals surface area contributed by atoms with E-state index in [1.54, 1.807) is 11.9 Å². The normalized spacial score (nSPS) is 20.5. The Labute approximate surface area is 144 Å². The molecule has 4 nitrogen and oxygen atoms in total. The van der Waals surface area contributed by atoms with Crippen LogP contribution in [-0.2, 0) is 20.8 Å². The van der Waals surface area contributed by atoms with Gasteiger partial charge in [0.1, 0.15) is 11.7 Å². The van der Waals surface area contributed by atoms with Crippen molar-refractivity contribution in [1.29, 1.82) is 0 Å². The van der Waals surface area contributed by atoms with E-state index in [-0.39, 0.29) is 30.3 Å². The summed E-state index contributed by atoms with van der Waals surface area (Å²) >= 11 is 0. The fraction of sp³-hybridized carbons (Fsp3) is 0.550. The van der Waals surface area contributed by atoms with Crippen molar-refractivity contribution in [3.63, 3.8) is 0 Å². The second kappa shape index (κ2) is 7.29. The first-order chi connectivity index (χ1) is 11.3. The van der Waals surface area contributed by atoms with Crippen molar-refractivity contribution in [1.82, 2.24) is 4.90 Å². The van der Waals surface area contributed by atoms with Gasteiger partial charge in [-0.15, -0.1) is 0 Å². The number of aryl methyl sites for hydroxylation is 3. The highest BCUT2D eigenvalue weighted by molar-refractivity contribution is 6.15. The molecule has 0 saturated heterocycles. The minimum atomic E-state index is -0.690. The molecule has 2 unspecified atom stereocenters. The number of hydrogen-bond donors (Lipinski definition) is 0. The number of Topliss-reactive ketones (excluding diaryl/α,β-unsaturated/α-hetero) is 2. The lowest BCUT2D eigenvalue weighted by Gasteiger charge is -2.19. The summed E-state index contributed by atoms with van der Waals surface area (Å²) in [6.45, 7) is 8.53. The second-order valence-electron chi connectivity index (χ2n) is 6.82. The standard InChI is InChI=1S/C20H27NO3/c1-6-14-9-12(3)8-13(4)18(14)19-16(22)10-15(20(19)24)11-17(23)21(5)7-2/h8-9,15,19H,6-7,10-11H2,1-5H3. The Bertz CT molecular complexity index is 678. The molecule has 0 heterocycles. The van der Waals surface area contributed by atoms with Crippen molar-refractivity contribution < 1.29 is 14.4 Å². The zero-order valence-corrected chi connectivity index (χ0v) is 15.3. The van der Waals surface area contributed by atoms with Crippen molar-refractivity contribution in [3.05, 3.63) is 34.4 Å². The van der Waals surface area contributed by atoms with Crippen LogP contribution < -0.4 is 0 Å². The smallest absolute Gasteiger partial charge is 0.223 e. The van der Waals surface area contributed by atoms with E-state index in [1.807, 2.05) is 33.8 Å². The van der Waals surface area contributed by atoms with Crippen molar-refractivity contribution >= 4 is 17.5 Å². The first kappa shape index (κ1) is 18.4. The van der Waals surface area contributed by atoms with E-state index in [0.29, 0.717) is 6.54 Å². The quantitative estimate of drug-likeness (QED) is 0.780. The van der Waals surface area contributed by atoms with Gasteiger partial charge in [-0.25, -0.2) is 0 Å². The van der Waals surface area contributed by atoms with Crippen LogP contribution in [0.3, 0.4) is 0 Å². The molecule has 2 rings (SSSR count). The Morgan fingerprint density at radius 3 is 2.46 bits per heavy atom. The van der Waals surface area contributed by atoms with Crippen LogP contribution in [0.15, 0.2) is 12.1 Å². The molecule has 1 aromatic carbocycles. The number of amides is 1. The third kappa shape index (κ3) is 3.42. The van der Waals surface area contributed by atoms with Gasteiger partial charge in [-0.2, -0.15) is 0 Å². The zero-order valence-electron chi connectivity index (χ0n) is 15.3. The lowest BCUT2D eigenvalue weighted by Crippen LogP contribution is -2.29. The molecule has 1 aliphatic rings. The lowest BCUT2D eigenvalue weighted by atomic mass is 9.85. The largest absolute Gasteiger partial charge is 0.346 e. The Morgan fingerprint density at radius 1 is 1.21 bits per heavy atom. The highest BCUT2D eigenvalue weighted by Gasteiger charge is 2.44. The van der Waals surface area contributed by atoms with Gasteiger partial charge in [-0.05, 0) is 43.9 Å². The summed E-state index contributed by atoms with van der Waals surface area (Å²) in [5, 5.41) is 0. The maximum absolute atomic E-state index is 12.9. The van der Waals surface area contributed by atoms with Crippen LogP contribution >= 0.6 is 0 Å². The Morgan fingerprint density at radius 2 is 1.88 bits per heavy atom. The summed E-state index contributed by atoms with van der Waals surface area (Å²) in [7, 11) is 1.72. The maximum atomic E-state index is 12.9. The molecule has 0 radical (unpaired) electrons.